The van der Waals surface area contributed by atoms with E-state index in [2.05, 4.69) is 20.0 Å². The van der Waals surface area contributed by atoms with Gasteiger partial charge >= 0.3 is 0 Å². The molecule has 1 aromatic heterocycles. The normalized spacial score (nSPS) is 12.5. The van der Waals surface area contributed by atoms with Gasteiger partial charge in [0.15, 0.2) is 0 Å². The summed E-state index contributed by atoms with van der Waals surface area (Å²) >= 11 is 6.15. The lowest BCUT2D eigenvalue weighted by atomic mass is 10.2. The molecule has 0 fully saturated rings. The molecule has 1 unspecified atom stereocenters. The maximum Gasteiger partial charge on any atom is 0.264 e. The third-order valence-corrected chi connectivity index (χ3v) is 8.00. The Balaban J connectivity index is 1.78. The maximum atomic E-state index is 12.9. The lowest BCUT2D eigenvalue weighted by Crippen LogP contribution is -2.45. The molecule has 0 bridgehead atoms. The monoisotopic (exact) mass is 567 g/mol. The van der Waals surface area contributed by atoms with Gasteiger partial charge in [-0.1, -0.05) is 11.6 Å². The van der Waals surface area contributed by atoms with E-state index in [0.29, 0.717) is 17.1 Å². The lowest BCUT2D eigenvalue weighted by Gasteiger charge is -2.28. The Labute approximate surface area is 220 Å². The number of carbonyl (C=O) groups excluding carboxylic acids is 1. The van der Waals surface area contributed by atoms with Gasteiger partial charge in [0.25, 0.3) is 10.0 Å². The summed E-state index contributed by atoms with van der Waals surface area (Å²) in [7, 11) is -6.44. The Kier molecular flexibility index (Phi) is 8.30. The molecule has 0 aliphatic heterocycles. The first kappa shape index (κ1) is 28.2. The average molecular weight is 568 g/mol. The molecule has 1 heterocycles. The average Bonchev–Trinajstić information content (AvgIpc) is 2.77. The van der Waals surface area contributed by atoms with Crippen LogP contribution in [0.3, 0.4) is 0 Å². The highest BCUT2D eigenvalue weighted by molar-refractivity contribution is 7.92. The molecule has 1 atom stereocenters. The summed E-state index contributed by atoms with van der Waals surface area (Å²) in [6, 6.07) is 10.3. The number of amides is 1. The molecular weight excluding hydrogens is 542 g/mol. The van der Waals surface area contributed by atoms with Crippen molar-refractivity contribution in [2.24, 2.45) is 0 Å². The van der Waals surface area contributed by atoms with Crippen molar-refractivity contribution in [3.8, 4) is 5.75 Å². The number of aryl methyl sites for hydroxylation is 2. The number of aromatic nitrogens is 2. The maximum absolute atomic E-state index is 12.9. The van der Waals surface area contributed by atoms with E-state index in [0.717, 1.165) is 10.6 Å². The number of benzene rings is 2. The van der Waals surface area contributed by atoms with Gasteiger partial charge in [0.1, 0.15) is 11.8 Å². The van der Waals surface area contributed by atoms with Gasteiger partial charge in [-0.3, -0.25) is 9.10 Å². The van der Waals surface area contributed by atoms with Crippen LogP contribution in [0.25, 0.3) is 0 Å². The number of methoxy groups -OCH3 is 1. The number of anilines is 3. The highest BCUT2D eigenvalue weighted by Gasteiger charge is 2.30. The van der Waals surface area contributed by atoms with Gasteiger partial charge in [-0.2, -0.15) is 0 Å². The predicted molar refractivity (Wildman–Crippen MR) is 142 cm³/mol. The number of rotatable bonds is 9. The van der Waals surface area contributed by atoms with E-state index in [-0.39, 0.29) is 27.2 Å². The summed E-state index contributed by atoms with van der Waals surface area (Å²) in [5.74, 6) is -0.345. The van der Waals surface area contributed by atoms with Crippen molar-refractivity contribution < 1.29 is 26.4 Å². The second kappa shape index (κ2) is 10.9. The van der Waals surface area contributed by atoms with Crippen molar-refractivity contribution in [3.63, 3.8) is 0 Å². The topological polar surface area (TPSA) is 148 Å². The molecule has 0 radical (unpaired) electrons. The van der Waals surface area contributed by atoms with Crippen molar-refractivity contribution in [2.45, 2.75) is 31.7 Å². The summed E-state index contributed by atoms with van der Waals surface area (Å²) in [5.41, 5.74) is 1.66. The number of carbonyl (C=O) groups is 1. The number of nitrogens with zero attached hydrogens (tertiary/aromatic N) is 3. The van der Waals surface area contributed by atoms with Crippen molar-refractivity contribution in [1.82, 2.24) is 9.97 Å². The van der Waals surface area contributed by atoms with Gasteiger partial charge in [-0.25, -0.2) is 31.5 Å². The van der Waals surface area contributed by atoms with Gasteiger partial charge in [0, 0.05) is 17.1 Å². The van der Waals surface area contributed by atoms with E-state index in [1.54, 1.807) is 19.9 Å². The van der Waals surface area contributed by atoms with E-state index in [1.807, 2.05) is 0 Å². The van der Waals surface area contributed by atoms with Crippen LogP contribution in [-0.4, -0.2) is 52.1 Å². The molecule has 37 heavy (non-hydrogen) atoms. The number of hydrogen-bond acceptors (Lipinski definition) is 8. The highest BCUT2D eigenvalue weighted by Crippen LogP contribution is 2.31. The van der Waals surface area contributed by atoms with E-state index >= 15 is 0 Å². The Bertz CT molecular complexity index is 1510. The van der Waals surface area contributed by atoms with Gasteiger partial charge in [-0.05, 0) is 69.3 Å². The number of nitrogens with one attached hydrogen (secondary N) is 2. The molecule has 14 heteroatoms. The Morgan fingerprint density at radius 3 is 2.11 bits per heavy atom. The summed E-state index contributed by atoms with van der Waals surface area (Å²) < 4.78 is 58.9. The number of ether oxygens (including phenoxy) is 1. The van der Waals surface area contributed by atoms with E-state index in [9.17, 15) is 21.6 Å². The Hall–Kier alpha value is -3.42. The minimum absolute atomic E-state index is 0.0526. The molecule has 0 aliphatic carbocycles. The minimum Gasteiger partial charge on any atom is -0.495 e. The van der Waals surface area contributed by atoms with Crippen LogP contribution in [0, 0.1) is 13.8 Å². The smallest absolute Gasteiger partial charge is 0.264 e. The van der Waals surface area contributed by atoms with Crippen molar-refractivity contribution in [3.05, 3.63) is 64.9 Å². The van der Waals surface area contributed by atoms with Gasteiger partial charge in [-0.15, -0.1) is 0 Å². The Morgan fingerprint density at radius 1 is 1.00 bits per heavy atom. The molecule has 11 nitrogen and oxygen atoms in total. The second-order valence-corrected chi connectivity index (χ2v) is 12.1. The summed E-state index contributed by atoms with van der Waals surface area (Å²) in [5, 5.41) is 2.78. The number of hydrogen-bond donors (Lipinski definition) is 2. The molecule has 1 amide bonds. The molecule has 2 aromatic carbocycles. The fraction of sp³-hybridized carbons (Fsp3) is 0.261. The minimum atomic E-state index is -3.99. The van der Waals surface area contributed by atoms with Gasteiger partial charge in [0.2, 0.25) is 21.9 Å². The van der Waals surface area contributed by atoms with Crippen LogP contribution in [0.5, 0.6) is 5.75 Å². The first-order chi connectivity index (χ1) is 17.2. The van der Waals surface area contributed by atoms with Crippen LogP contribution in [0.4, 0.5) is 17.3 Å². The molecular formula is C23H26ClN5O6S2. The van der Waals surface area contributed by atoms with Crippen LogP contribution < -0.4 is 19.1 Å². The quantitative estimate of drug-likeness (QED) is 0.400. The van der Waals surface area contributed by atoms with Crippen LogP contribution in [-0.2, 0) is 24.8 Å². The van der Waals surface area contributed by atoms with Crippen LogP contribution in [0.2, 0.25) is 5.02 Å². The molecule has 0 saturated carbocycles. The molecule has 0 spiro atoms. The molecule has 3 rings (SSSR count). The molecule has 198 valence electrons. The molecule has 0 saturated heterocycles. The second-order valence-electron chi connectivity index (χ2n) is 8.15. The van der Waals surface area contributed by atoms with Gasteiger partial charge in [0.05, 0.1) is 29.0 Å². The Morgan fingerprint density at radius 2 is 1.59 bits per heavy atom. The van der Waals surface area contributed by atoms with E-state index in [1.165, 1.54) is 56.5 Å². The van der Waals surface area contributed by atoms with Crippen LogP contribution >= 0.6 is 11.6 Å². The summed E-state index contributed by atoms with van der Waals surface area (Å²) in [4.78, 5) is 21.0. The van der Waals surface area contributed by atoms with Crippen LogP contribution in [0.15, 0.2) is 53.4 Å². The van der Waals surface area contributed by atoms with E-state index < -0.39 is 32.0 Å². The first-order valence-corrected chi connectivity index (χ1v) is 14.5. The molecule has 3 aromatic rings. The largest absolute Gasteiger partial charge is 0.495 e. The van der Waals surface area contributed by atoms with Gasteiger partial charge < -0.3 is 10.1 Å². The summed E-state index contributed by atoms with van der Waals surface area (Å²) in [6.07, 6.45) is 0.973. The summed E-state index contributed by atoms with van der Waals surface area (Å²) in [6.45, 7) is 4.86. The van der Waals surface area contributed by atoms with Crippen molar-refractivity contribution in [2.75, 3.05) is 27.7 Å². The lowest BCUT2D eigenvalue weighted by molar-refractivity contribution is -0.116. The predicted octanol–water partition coefficient (Wildman–Crippen LogP) is 3.35. The number of halogens is 1. The third kappa shape index (κ3) is 6.87. The SMILES string of the molecule is COc1ccc(N(C(C)C(=O)Nc2ccc(S(=O)(=O)Nc3nc(C)cc(C)n3)cc2)S(C)(=O)=O)cc1Cl. The standard InChI is InChI=1S/C23H26ClN5O6S2/c1-14-12-15(2)26-23(25-14)28-37(33,34)19-9-6-17(7-10-19)27-22(30)16(3)29(36(5,31)32)18-8-11-21(35-4)20(24)13-18/h6-13,16H,1-5H3,(H,27,30)(H,25,26,28). The highest BCUT2D eigenvalue weighted by atomic mass is 35.5. The fourth-order valence-electron chi connectivity index (χ4n) is 3.52. The molecule has 2 N–H and O–H groups in total. The third-order valence-electron chi connectivity index (χ3n) is 5.12. The first-order valence-electron chi connectivity index (χ1n) is 10.8. The van der Waals surface area contributed by atoms with E-state index in [4.69, 9.17) is 16.3 Å². The zero-order valence-corrected chi connectivity index (χ0v) is 23.1. The zero-order chi connectivity index (χ0) is 27.5. The van der Waals surface area contributed by atoms with Crippen molar-refractivity contribution >= 4 is 54.9 Å². The van der Waals surface area contributed by atoms with Crippen LogP contribution in [0.1, 0.15) is 18.3 Å². The number of sulfonamides is 2. The van der Waals surface area contributed by atoms with Crippen molar-refractivity contribution in [1.29, 1.82) is 0 Å². The zero-order valence-electron chi connectivity index (χ0n) is 20.7. The fourth-order valence-corrected chi connectivity index (χ4v) is 5.88. The molecule has 0 aliphatic rings.